The Kier molecular flexibility index (Phi) is 3.91. The highest BCUT2D eigenvalue weighted by molar-refractivity contribution is 5.98. The van der Waals surface area contributed by atoms with Crippen LogP contribution in [0.1, 0.15) is 24.0 Å². The van der Waals surface area contributed by atoms with Crippen LogP contribution in [0.3, 0.4) is 0 Å². The van der Waals surface area contributed by atoms with Gasteiger partial charge in [0, 0.05) is 19.5 Å². The first kappa shape index (κ1) is 13.7. The standard InChI is InChI=1S/C18H20N2O/c1-14-8-10-15(11-9-14)13-19-16-5-2-3-6-17(16)20-12-4-7-18(20)21/h2-3,5-6,8-11,19H,4,7,12-13H2,1H3. The number of rotatable bonds is 4. The molecule has 0 unspecified atom stereocenters. The Bertz CT molecular complexity index is 634. The largest absolute Gasteiger partial charge is 0.379 e. The van der Waals surface area contributed by atoms with Crippen molar-refractivity contribution in [3.05, 3.63) is 59.7 Å². The van der Waals surface area contributed by atoms with Crippen LogP contribution >= 0.6 is 0 Å². The van der Waals surface area contributed by atoms with E-state index in [0.717, 1.165) is 30.9 Å². The van der Waals surface area contributed by atoms with Gasteiger partial charge in [0.25, 0.3) is 0 Å². The highest BCUT2D eigenvalue weighted by Gasteiger charge is 2.23. The van der Waals surface area contributed by atoms with Crippen molar-refractivity contribution < 1.29 is 4.79 Å². The van der Waals surface area contributed by atoms with E-state index in [2.05, 4.69) is 36.5 Å². The Balaban J connectivity index is 1.76. The Morgan fingerprint density at radius 2 is 1.86 bits per heavy atom. The SMILES string of the molecule is Cc1ccc(CNc2ccccc2N2CCCC2=O)cc1. The normalized spacial score (nSPS) is 14.5. The molecule has 1 aliphatic heterocycles. The molecule has 0 aliphatic carbocycles. The van der Waals surface area contributed by atoms with Crippen LogP contribution in [0.5, 0.6) is 0 Å². The molecule has 3 heteroatoms. The Hall–Kier alpha value is -2.29. The predicted molar refractivity (Wildman–Crippen MR) is 86.5 cm³/mol. The summed E-state index contributed by atoms with van der Waals surface area (Å²) in [6.07, 6.45) is 1.61. The van der Waals surface area contributed by atoms with Crippen molar-refractivity contribution in [1.29, 1.82) is 0 Å². The number of hydrogen-bond acceptors (Lipinski definition) is 2. The summed E-state index contributed by atoms with van der Waals surface area (Å²) >= 11 is 0. The van der Waals surface area contributed by atoms with Gasteiger partial charge in [0.15, 0.2) is 0 Å². The molecule has 3 rings (SSSR count). The summed E-state index contributed by atoms with van der Waals surface area (Å²) in [5.74, 6) is 0.222. The van der Waals surface area contributed by atoms with Crippen molar-refractivity contribution >= 4 is 17.3 Å². The van der Waals surface area contributed by atoms with Crippen LogP contribution in [0.25, 0.3) is 0 Å². The number of nitrogens with one attached hydrogen (secondary N) is 1. The zero-order valence-corrected chi connectivity index (χ0v) is 12.3. The van der Waals surface area contributed by atoms with Crippen LogP contribution in [-0.4, -0.2) is 12.5 Å². The van der Waals surface area contributed by atoms with Crippen molar-refractivity contribution in [2.45, 2.75) is 26.3 Å². The fourth-order valence-electron chi connectivity index (χ4n) is 2.66. The fraction of sp³-hybridized carbons (Fsp3) is 0.278. The van der Waals surface area contributed by atoms with Crippen molar-refractivity contribution in [2.24, 2.45) is 0 Å². The molecule has 21 heavy (non-hydrogen) atoms. The summed E-state index contributed by atoms with van der Waals surface area (Å²) < 4.78 is 0. The van der Waals surface area contributed by atoms with Crippen molar-refractivity contribution in [2.75, 3.05) is 16.8 Å². The van der Waals surface area contributed by atoms with Crippen LogP contribution in [0.4, 0.5) is 11.4 Å². The second-order valence-electron chi connectivity index (χ2n) is 5.51. The first-order valence-corrected chi connectivity index (χ1v) is 7.43. The summed E-state index contributed by atoms with van der Waals surface area (Å²) in [7, 11) is 0. The third-order valence-corrected chi connectivity index (χ3v) is 3.87. The Morgan fingerprint density at radius 3 is 2.57 bits per heavy atom. The number of aryl methyl sites for hydroxylation is 1. The third-order valence-electron chi connectivity index (χ3n) is 3.87. The number of benzene rings is 2. The molecular weight excluding hydrogens is 260 g/mol. The maximum Gasteiger partial charge on any atom is 0.227 e. The van der Waals surface area contributed by atoms with Gasteiger partial charge in [0.1, 0.15) is 0 Å². The average Bonchev–Trinajstić information content (AvgIpc) is 2.93. The second-order valence-corrected chi connectivity index (χ2v) is 5.51. The van der Waals surface area contributed by atoms with E-state index in [0.29, 0.717) is 6.42 Å². The van der Waals surface area contributed by atoms with Crippen LogP contribution < -0.4 is 10.2 Å². The molecule has 0 aromatic heterocycles. The lowest BCUT2D eigenvalue weighted by Crippen LogP contribution is -2.24. The van der Waals surface area contributed by atoms with Gasteiger partial charge >= 0.3 is 0 Å². The van der Waals surface area contributed by atoms with Crippen molar-refractivity contribution in [1.82, 2.24) is 0 Å². The van der Waals surface area contributed by atoms with Crippen LogP contribution in [0, 0.1) is 6.92 Å². The number of amides is 1. The van der Waals surface area contributed by atoms with E-state index in [4.69, 9.17) is 0 Å². The Labute approximate surface area is 125 Å². The maximum absolute atomic E-state index is 11.9. The highest BCUT2D eigenvalue weighted by atomic mass is 16.2. The molecule has 0 bridgehead atoms. The number of carbonyl (C=O) groups excluding carboxylic acids is 1. The average molecular weight is 280 g/mol. The molecule has 1 heterocycles. The monoisotopic (exact) mass is 280 g/mol. The number of nitrogens with zero attached hydrogens (tertiary/aromatic N) is 1. The van der Waals surface area contributed by atoms with Crippen molar-refractivity contribution in [3.63, 3.8) is 0 Å². The van der Waals surface area contributed by atoms with E-state index in [-0.39, 0.29) is 5.91 Å². The van der Waals surface area contributed by atoms with Gasteiger partial charge in [0.2, 0.25) is 5.91 Å². The maximum atomic E-state index is 11.9. The van der Waals surface area contributed by atoms with Crippen LogP contribution in [-0.2, 0) is 11.3 Å². The molecule has 0 spiro atoms. The molecule has 1 amide bonds. The van der Waals surface area contributed by atoms with E-state index >= 15 is 0 Å². The second kappa shape index (κ2) is 6.00. The molecule has 1 aliphatic rings. The molecule has 2 aromatic rings. The van der Waals surface area contributed by atoms with Gasteiger partial charge in [-0.3, -0.25) is 4.79 Å². The molecular formula is C18H20N2O. The zero-order chi connectivity index (χ0) is 14.7. The van der Waals surface area contributed by atoms with E-state index in [1.807, 2.05) is 29.2 Å². The van der Waals surface area contributed by atoms with Gasteiger partial charge in [-0.25, -0.2) is 0 Å². The summed E-state index contributed by atoms with van der Waals surface area (Å²) in [5, 5.41) is 3.45. The van der Waals surface area contributed by atoms with E-state index in [9.17, 15) is 4.79 Å². The fourth-order valence-corrected chi connectivity index (χ4v) is 2.66. The first-order chi connectivity index (χ1) is 10.2. The number of anilines is 2. The molecule has 0 atom stereocenters. The van der Waals surface area contributed by atoms with E-state index in [1.165, 1.54) is 11.1 Å². The lowest BCUT2D eigenvalue weighted by atomic mass is 10.1. The molecule has 1 saturated heterocycles. The quantitative estimate of drug-likeness (QED) is 0.925. The first-order valence-electron chi connectivity index (χ1n) is 7.43. The molecule has 0 saturated carbocycles. The highest BCUT2D eigenvalue weighted by Crippen LogP contribution is 2.29. The predicted octanol–water partition coefficient (Wildman–Crippen LogP) is 3.73. The summed E-state index contributed by atoms with van der Waals surface area (Å²) in [4.78, 5) is 13.8. The van der Waals surface area contributed by atoms with E-state index < -0.39 is 0 Å². The molecule has 3 nitrogen and oxygen atoms in total. The lowest BCUT2D eigenvalue weighted by Gasteiger charge is -2.20. The number of para-hydroxylation sites is 2. The topological polar surface area (TPSA) is 32.3 Å². The van der Waals surface area contributed by atoms with Gasteiger partial charge < -0.3 is 10.2 Å². The summed E-state index contributed by atoms with van der Waals surface area (Å²) in [6.45, 7) is 3.67. The summed E-state index contributed by atoms with van der Waals surface area (Å²) in [5.41, 5.74) is 4.52. The Morgan fingerprint density at radius 1 is 1.10 bits per heavy atom. The molecule has 108 valence electrons. The van der Waals surface area contributed by atoms with Gasteiger partial charge in [-0.05, 0) is 31.0 Å². The van der Waals surface area contributed by atoms with Crippen LogP contribution in [0.15, 0.2) is 48.5 Å². The van der Waals surface area contributed by atoms with Gasteiger partial charge in [0.05, 0.1) is 11.4 Å². The molecule has 2 aromatic carbocycles. The van der Waals surface area contributed by atoms with Gasteiger partial charge in [-0.1, -0.05) is 42.0 Å². The van der Waals surface area contributed by atoms with Crippen LogP contribution in [0.2, 0.25) is 0 Å². The molecule has 1 fully saturated rings. The number of carbonyl (C=O) groups is 1. The third kappa shape index (κ3) is 3.07. The molecule has 0 radical (unpaired) electrons. The zero-order valence-electron chi connectivity index (χ0n) is 12.3. The van der Waals surface area contributed by atoms with E-state index in [1.54, 1.807) is 0 Å². The number of hydrogen-bond donors (Lipinski definition) is 1. The van der Waals surface area contributed by atoms with Gasteiger partial charge in [-0.15, -0.1) is 0 Å². The minimum absolute atomic E-state index is 0.222. The minimum Gasteiger partial charge on any atom is -0.379 e. The minimum atomic E-state index is 0.222. The van der Waals surface area contributed by atoms with Crippen molar-refractivity contribution in [3.8, 4) is 0 Å². The lowest BCUT2D eigenvalue weighted by molar-refractivity contribution is -0.117. The summed E-state index contributed by atoms with van der Waals surface area (Å²) in [6, 6.07) is 16.5. The molecule has 1 N–H and O–H groups in total. The van der Waals surface area contributed by atoms with Gasteiger partial charge in [-0.2, -0.15) is 0 Å². The smallest absolute Gasteiger partial charge is 0.227 e.